The lowest BCUT2D eigenvalue weighted by Crippen LogP contribution is -2.36. The molecule has 1 aromatic carbocycles. The third-order valence-corrected chi connectivity index (χ3v) is 4.85. The first-order valence-electron chi connectivity index (χ1n) is 7.34. The number of nitriles is 1. The van der Waals surface area contributed by atoms with Crippen LogP contribution in [0.5, 0.6) is 0 Å². The van der Waals surface area contributed by atoms with Crippen molar-refractivity contribution in [2.24, 2.45) is 5.41 Å². The molecule has 1 amide bonds. The van der Waals surface area contributed by atoms with Crippen molar-refractivity contribution < 1.29 is 13.2 Å². The minimum Gasteiger partial charge on any atom is -0.325 e. The van der Waals surface area contributed by atoms with Gasteiger partial charge >= 0.3 is 0 Å². The van der Waals surface area contributed by atoms with Crippen LogP contribution < -0.4 is 5.32 Å². The van der Waals surface area contributed by atoms with Crippen LogP contribution >= 0.6 is 0 Å². The first-order chi connectivity index (χ1) is 10.3. The Labute approximate surface area is 131 Å². The van der Waals surface area contributed by atoms with Crippen LogP contribution in [0.1, 0.15) is 37.7 Å². The van der Waals surface area contributed by atoms with Gasteiger partial charge in [0, 0.05) is 11.9 Å². The number of hydrogen-bond acceptors (Lipinski definition) is 4. The van der Waals surface area contributed by atoms with E-state index in [1.165, 1.54) is 6.26 Å². The van der Waals surface area contributed by atoms with E-state index in [9.17, 15) is 18.5 Å². The third kappa shape index (κ3) is 4.08. The van der Waals surface area contributed by atoms with Gasteiger partial charge in [-0.15, -0.1) is 0 Å². The molecule has 6 heteroatoms. The highest BCUT2D eigenvalue weighted by atomic mass is 32.2. The Bertz CT molecular complexity index is 681. The number of nitrogens with zero attached hydrogens (tertiary/aromatic N) is 1. The Hall–Kier alpha value is -1.87. The molecule has 1 N–H and O–H groups in total. The number of carbonyl (C=O) groups is 1. The van der Waals surface area contributed by atoms with Gasteiger partial charge in [0.15, 0.2) is 9.84 Å². The molecule has 0 radical (unpaired) electrons. The molecule has 1 aliphatic rings. The van der Waals surface area contributed by atoms with Gasteiger partial charge in [0.25, 0.3) is 0 Å². The third-order valence-electron chi connectivity index (χ3n) is 4.00. The molecule has 0 aliphatic heterocycles. The molecular weight excluding hydrogens is 300 g/mol. The zero-order valence-corrected chi connectivity index (χ0v) is 13.4. The fraction of sp³-hybridized carbons (Fsp3) is 0.500. The van der Waals surface area contributed by atoms with E-state index in [-0.39, 0.29) is 11.7 Å². The molecule has 22 heavy (non-hydrogen) atoms. The van der Waals surface area contributed by atoms with Gasteiger partial charge in [-0.05, 0) is 30.5 Å². The van der Waals surface area contributed by atoms with Crippen molar-refractivity contribution in [2.75, 3.05) is 11.6 Å². The molecule has 1 aliphatic carbocycles. The summed E-state index contributed by atoms with van der Waals surface area (Å²) in [5.74, 6) is -0.283. The van der Waals surface area contributed by atoms with E-state index in [0.29, 0.717) is 24.1 Å². The summed E-state index contributed by atoms with van der Waals surface area (Å²) in [6, 6.07) is 8.89. The molecule has 1 fully saturated rings. The molecule has 0 bridgehead atoms. The zero-order valence-electron chi connectivity index (χ0n) is 12.6. The topological polar surface area (TPSA) is 87.0 Å². The Balaban J connectivity index is 2.07. The second kappa shape index (κ2) is 6.49. The predicted molar refractivity (Wildman–Crippen MR) is 84.8 cm³/mol. The van der Waals surface area contributed by atoms with Crippen LogP contribution in [0, 0.1) is 16.7 Å². The monoisotopic (exact) mass is 320 g/mol. The maximum atomic E-state index is 12.4. The number of sulfone groups is 1. The van der Waals surface area contributed by atoms with Gasteiger partial charge in [-0.25, -0.2) is 8.42 Å². The van der Waals surface area contributed by atoms with E-state index >= 15 is 0 Å². The lowest BCUT2D eigenvalue weighted by molar-refractivity contribution is -0.124. The molecule has 0 heterocycles. The molecule has 1 aromatic rings. The Morgan fingerprint density at radius 1 is 1.23 bits per heavy atom. The van der Waals surface area contributed by atoms with Gasteiger partial charge in [-0.1, -0.05) is 31.4 Å². The van der Waals surface area contributed by atoms with Crippen LogP contribution in [0.25, 0.3) is 0 Å². The van der Waals surface area contributed by atoms with Crippen LogP contribution in [0.4, 0.5) is 5.69 Å². The summed E-state index contributed by atoms with van der Waals surface area (Å²) in [6.45, 7) is 0. The first-order valence-corrected chi connectivity index (χ1v) is 9.40. The van der Waals surface area contributed by atoms with Gasteiger partial charge < -0.3 is 5.32 Å². The van der Waals surface area contributed by atoms with Crippen molar-refractivity contribution in [1.29, 1.82) is 5.26 Å². The van der Waals surface area contributed by atoms with E-state index in [4.69, 9.17) is 0 Å². The average Bonchev–Trinajstić information content (AvgIpc) is 2.48. The summed E-state index contributed by atoms with van der Waals surface area (Å²) in [5.41, 5.74) is 0.333. The van der Waals surface area contributed by atoms with Gasteiger partial charge in [0.05, 0.1) is 11.8 Å². The van der Waals surface area contributed by atoms with Crippen LogP contribution in [0.15, 0.2) is 24.3 Å². The smallest absolute Gasteiger partial charge is 0.244 e. The van der Waals surface area contributed by atoms with Crippen molar-refractivity contribution >= 4 is 21.4 Å². The zero-order chi connectivity index (χ0) is 16.2. The van der Waals surface area contributed by atoms with E-state index < -0.39 is 15.3 Å². The maximum absolute atomic E-state index is 12.4. The summed E-state index contributed by atoms with van der Waals surface area (Å²) < 4.78 is 22.5. The number of carbonyl (C=O) groups excluding carboxylic acids is 1. The van der Waals surface area contributed by atoms with E-state index in [2.05, 4.69) is 11.4 Å². The fourth-order valence-electron chi connectivity index (χ4n) is 2.78. The molecule has 0 saturated heterocycles. The Morgan fingerprint density at radius 3 is 2.32 bits per heavy atom. The standard InChI is InChI=1S/C16H20N2O3S/c1-22(20,21)11-13-5-7-14(8-6-13)18-15(19)16(12-17)9-3-2-4-10-16/h5-8H,2-4,9-11H2,1H3,(H,18,19). The maximum Gasteiger partial charge on any atom is 0.244 e. The number of amides is 1. The van der Waals surface area contributed by atoms with Gasteiger partial charge in [0.1, 0.15) is 5.41 Å². The van der Waals surface area contributed by atoms with E-state index in [0.717, 1.165) is 19.3 Å². The first kappa shape index (κ1) is 16.5. The lowest BCUT2D eigenvalue weighted by Gasteiger charge is -2.29. The minimum absolute atomic E-state index is 0.0244. The molecule has 1 saturated carbocycles. The fourth-order valence-corrected chi connectivity index (χ4v) is 3.58. The predicted octanol–water partition coefficient (Wildman–Crippen LogP) is 2.64. The van der Waals surface area contributed by atoms with Crippen LogP contribution in [0.2, 0.25) is 0 Å². The molecule has 2 rings (SSSR count). The van der Waals surface area contributed by atoms with Crippen LogP contribution in [-0.4, -0.2) is 20.6 Å². The summed E-state index contributed by atoms with van der Waals surface area (Å²) in [4.78, 5) is 12.4. The molecular formula is C16H20N2O3S. The molecule has 5 nitrogen and oxygen atoms in total. The Morgan fingerprint density at radius 2 is 1.82 bits per heavy atom. The second-order valence-corrected chi connectivity index (χ2v) is 8.12. The summed E-state index contributed by atoms with van der Waals surface area (Å²) >= 11 is 0. The molecule has 118 valence electrons. The van der Waals surface area contributed by atoms with Gasteiger partial charge in [0.2, 0.25) is 5.91 Å². The van der Waals surface area contributed by atoms with E-state index in [1.807, 2.05) is 0 Å². The van der Waals surface area contributed by atoms with Crippen molar-refractivity contribution in [2.45, 2.75) is 37.9 Å². The second-order valence-electron chi connectivity index (χ2n) is 5.98. The highest BCUT2D eigenvalue weighted by molar-refractivity contribution is 7.89. The summed E-state index contributed by atoms with van der Waals surface area (Å²) in [7, 11) is -3.07. The summed E-state index contributed by atoms with van der Waals surface area (Å²) in [5, 5.41) is 12.2. The molecule has 0 unspecified atom stereocenters. The number of rotatable bonds is 4. The highest BCUT2D eigenvalue weighted by Gasteiger charge is 2.39. The largest absolute Gasteiger partial charge is 0.325 e. The molecule has 0 spiro atoms. The number of nitrogens with one attached hydrogen (secondary N) is 1. The van der Waals surface area contributed by atoms with Crippen LogP contribution in [-0.2, 0) is 20.4 Å². The summed E-state index contributed by atoms with van der Waals surface area (Å²) in [6.07, 6.45) is 5.24. The lowest BCUT2D eigenvalue weighted by atomic mass is 9.74. The highest BCUT2D eigenvalue weighted by Crippen LogP contribution is 2.36. The van der Waals surface area contributed by atoms with Crippen molar-refractivity contribution in [3.8, 4) is 6.07 Å². The van der Waals surface area contributed by atoms with Crippen molar-refractivity contribution in [3.63, 3.8) is 0 Å². The average molecular weight is 320 g/mol. The van der Waals surface area contributed by atoms with Crippen LogP contribution in [0.3, 0.4) is 0 Å². The molecule has 0 aromatic heterocycles. The van der Waals surface area contributed by atoms with E-state index in [1.54, 1.807) is 24.3 Å². The number of hydrogen-bond donors (Lipinski definition) is 1. The molecule has 0 atom stereocenters. The number of benzene rings is 1. The van der Waals surface area contributed by atoms with Crippen molar-refractivity contribution in [3.05, 3.63) is 29.8 Å². The SMILES string of the molecule is CS(=O)(=O)Cc1ccc(NC(=O)C2(C#N)CCCCC2)cc1. The normalized spacial score (nSPS) is 17.5. The minimum atomic E-state index is -3.07. The Kier molecular flexibility index (Phi) is 4.87. The van der Waals surface area contributed by atoms with Gasteiger partial charge in [-0.2, -0.15) is 5.26 Å². The quantitative estimate of drug-likeness (QED) is 0.924. The van der Waals surface area contributed by atoms with Crippen molar-refractivity contribution in [1.82, 2.24) is 0 Å². The van der Waals surface area contributed by atoms with Gasteiger partial charge in [-0.3, -0.25) is 4.79 Å². The number of anilines is 1.